The summed E-state index contributed by atoms with van der Waals surface area (Å²) in [4.78, 5) is 9.91. The Hall–Kier alpha value is -1.02. The van der Waals surface area contributed by atoms with E-state index in [4.69, 9.17) is 0 Å². The topological polar surface area (TPSA) is 81.6 Å². The first-order chi connectivity index (χ1) is 6.52. The summed E-state index contributed by atoms with van der Waals surface area (Å²) in [6.07, 6.45) is 0. The SMILES string of the molecule is O=[N+]([O-])N=[N+]([O-])c1c(Br)cccc1Br. The highest BCUT2D eigenvalue weighted by atomic mass is 79.9. The van der Waals surface area contributed by atoms with E-state index in [1.807, 2.05) is 0 Å². The molecule has 0 N–H and O–H groups in total. The molecule has 0 saturated carbocycles. The lowest BCUT2D eigenvalue weighted by Gasteiger charge is -1.99. The van der Waals surface area contributed by atoms with Crippen molar-refractivity contribution in [1.82, 2.24) is 0 Å². The van der Waals surface area contributed by atoms with Gasteiger partial charge in [0.05, 0.1) is 8.95 Å². The van der Waals surface area contributed by atoms with E-state index in [2.05, 4.69) is 37.1 Å². The number of benzene rings is 1. The van der Waals surface area contributed by atoms with Gasteiger partial charge in [-0.3, -0.25) is 0 Å². The van der Waals surface area contributed by atoms with E-state index in [1.165, 1.54) is 0 Å². The minimum Gasteiger partial charge on any atom is -0.590 e. The van der Waals surface area contributed by atoms with Gasteiger partial charge < -0.3 is 5.21 Å². The van der Waals surface area contributed by atoms with Crippen LogP contribution in [0.3, 0.4) is 0 Å². The molecule has 0 aliphatic heterocycles. The van der Waals surface area contributed by atoms with Gasteiger partial charge in [0, 0.05) is 4.86 Å². The van der Waals surface area contributed by atoms with Gasteiger partial charge in [-0.15, -0.1) is 0 Å². The standard InChI is InChI=1S/C6H3Br2N3O3/c7-4-2-1-3-5(8)6(4)10(12)9-11(13)14/h1-3H. The Bertz CT molecular complexity index is 387. The van der Waals surface area contributed by atoms with E-state index in [9.17, 15) is 15.3 Å². The first kappa shape index (κ1) is 11.1. The quantitative estimate of drug-likeness (QED) is 0.363. The van der Waals surface area contributed by atoms with Gasteiger partial charge >= 0.3 is 5.22 Å². The van der Waals surface area contributed by atoms with Gasteiger partial charge in [0.25, 0.3) is 10.7 Å². The van der Waals surface area contributed by atoms with Crippen LogP contribution in [-0.2, 0) is 0 Å². The Morgan fingerprint density at radius 2 is 1.71 bits per heavy atom. The second kappa shape index (κ2) is 4.47. The molecule has 0 saturated heterocycles. The van der Waals surface area contributed by atoms with Crippen molar-refractivity contribution in [3.05, 3.63) is 42.5 Å². The fraction of sp³-hybridized carbons (Fsp3) is 0. The van der Waals surface area contributed by atoms with Crippen molar-refractivity contribution in [2.24, 2.45) is 5.22 Å². The summed E-state index contributed by atoms with van der Waals surface area (Å²) >= 11 is 6.17. The molecule has 8 heteroatoms. The number of rotatable bonds is 2. The van der Waals surface area contributed by atoms with Gasteiger partial charge in [-0.1, -0.05) is 6.07 Å². The molecule has 0 spiro atoms. The Morgan fingerprint density at radius 3 is 2.14 bits per heavy atom. The van der Waals surface area contributed by atoms with Crippen molar-refractivity contribution in [1.29, 1.82) is 0 Å². The number of halogens is 2. The lowest BCUT2D eigenvalue weighted by Crippen LogP contribution is -1.98. The molecule has 74 valence electrons. The molecule has 1 aromatic carbocycles. The molecule has 0 unspecified atom stereocenters. The molecule has 0 bridgehead atoms. The highest BCUT2D eigenvalue weighted by molar-refractivity contribution is 9.11. The first-order valence-electron chi connectivity index (χ1n) is 3.29. The third-order valence-corrected chi connectivity index (χ3v) is 2.56. The van der Waals surface area contributed by atoms with Crippen LogP contribution in [0.5, 0.6) is 0 Å². The molecular weight excluding hydrogens is 322 g/mol. The van der Waals surface area contributed by atoms with Crippen LogP contribution in [0.25, 0.3) is 0 Å². The smallest absolute Gasteiger partial charge is 0.349 e. The van der Waals surface area contributed by atoms with Crippen LogP contribution >= 0.6 is 31.9 Å². The predicted octanol–water partition coefficient (Wildman–Crippen LogP) is 3.00. The lowest BCUT2D eigenvalue weighted by molar-refractivity contribution is -0.642. The van der Waals surface area contributed by atoms with Gasteiger partial charge in [-0.2, -0.15) is 0 Å². The molecule has 0 aliphatic rings. The zero-order valence-electron chi connectivity index (χ0n) is 6.55. The minimum atomic E-state index is -1.06. The van der Waals surface area contributed by atoms with Crippen LogP contribution in [0.4, 0.5) is 5.69 Å². The van der Waals surface area contributed by atoms with E-state index < -0.39 is 5.03 Å². The summed E-state index contributed by atoms with van der Waals surface area (Å²) in [5, 5.41) is 22.7. The maximum absolute atomic E-state index is 11.1. The van der Waals surface area contributed by atoms with Gasteiger partial charge in [-0.25, -0.2) is 10.1 Å². The summed E-state index contributed by atoms with van der Waals surface area (Å²) in [6, 6.07) is 4.85. The Labute approximate surface area is 95.2 Å². The van der Waals surface area contributed by atoms with Crippen LogP contribution in [0.2, 0.25) is 0 Å². The Morgan fingerprint density at radius 1 is 1.21 bits per heavy atom. The number of para-hydroxylation sites is 1. The first-order valence-corrected chi connectivity index (χ1v) is 4.88. The molecule has 6 nitrogen and oxygen atoms in total. The molecule has 0 aliphatic carbocycles. The summed E-state index contributed by atoms with van der Waals surface area (Å²) in [7, 11) is 0. The number of hydrogen-bond donors (Lipinski definition) is 0. The van der Waals surface area contributed by atoms with Crippen molar-refractivity contribution in [3.8, 4) is 0 Å². The van der Waals surface area contributed by atoms with Crippen LogP contribution in [0.15, 0.2) is 32.4 Å². The van der Waals surface area contributed by atoms with Gasteiger partial charge in [0.1, 0.15) is 0 Å². The Balaban J connectivity index is 3.25. The molecule has 0 amide bonds. The molecular formula is C6H3Br2N3O3. The van der Waals surface area contributed by atoms with E-state index in [0.717, 1.165) is 0 Å². The van der Waals surface area contributed by atoms with Gasteiger partial charge in [-0.05, 0) is 44.0 Å². The minimum absolute atomic E-state index is 0.0594. The second-order valence-corrected chi connectivity index (χ2v) is 3.88. The van der Waals surface area contributed by atoms with Gasteiger partial charge in [0.2, 0.25) is 0 Å². The van der Waals surface area contributed by atoms with Crippen molar-refractivity contribution >= 4 is 37.5 Å². The average molecular weight is 325 g/mol. The molecule has 0 atom stereocenters. The van der Waals surface area contributed by atoms with Crippen molar-refractivity contribution in [3.63, 3.8) is 0 Å². The lowest BCUT2D eigenvalue weighted by atomic mass is 10.3. The molecule has 1 aromatic rings. The summed E-state index contributed by atoms with van der Waals surface area (Å²) in [6.45, 7) is 0. The van der Waals surface area contributed by atoms with Crippen molar-refractivity contribution in [2.45, 2.75) is 0 Å². The summed E-state index contributed by atoms with van der Waals surface area (Å²) in [5.74, 6) is 0. The number of nitrogens with zero attached hydrogens (tertiary/aromatic N) is 3. The van der Waals surface area contributed by atoms with E-state index >= 15 is 0 Å². The summed E-state index contributed by atoms with van der Waals surface area (Å²) < 4.78 is 0.847. The van der Waals surface area contributed by atoms with E-state index in [1.54, 1.807) is 18.2 Å². The predicted molar refractivity (Wildman–Crippen MR) is 54.6 cm³/mol. The third-order valence-electron chi connectivity index (χ3n) is 1.28. The highest BCUT2D eigenvalue weighted by Gasteiger charge is 2.17. The maximum Gasteiger partial charge on any atom is 0.349 e. The molecule has 14 heavy (non-hydrogen) atoms. The third kappa shape index (κ3) is 2.48. The normalized spacial score (nSPS) is 11.4. The average Bonchev–Trinajstić information content (AvgIpc) is 2.01. The number of hydrogen-bond acceptors (Lipinski definition) is 3. The summed E-state index contributed by atoms with van der Waals surface area (Å²) in [5.41, 5.74) is 0.0594. The van der Waals surface area contributed by atoms with Crippen LogP contribution in [0, 0.1) is 15.3 Å². The Kier molecular flexibility index (Phi) is 3.53. The number of nitro groups is 1. The fourth-order valence-electron chi connectivity index (χ4n) is 0.783. The fourth-order valence-corrected chi connectivity index (χ4v) is 2.08. The molecule has 0 fully saturated rings. The van der Waals surface area contributed by atoms with Gasteiger partial charge in [0.15, 0.2) is 0 Å². The zero-order valence-corrected chi connectivity index (χ0v) is 9.73. The molecule has 0 aromatic heterocycles. The zero-order chi connectivity index (χ0) is 10.7. The van der Waals surface area contributed by atoms with E-state index in [0.29, 0.717) is 8.95 Å². The van der Waals surface area contributed by atoms with Crippen LogP contribution in [-0.4, -0.2) is 9.89 Å². The maximum atomic E-state index is 11.1. The van der Waals surface area contributed by atoms with Crippen molar-refractivity contribution < 1.29 is 9.89 Å². The van der Waals surface area contributed by atoms with Crippen LogP contribution in [0.1, 0.15) is 0 Å². The molecule has 0 radical (unpaired) electrons. The van der Waals surface area contributed by atoms with Crippen LogP contribution < -0.4 is 0 Å². The second-order valence-electron chi connectivity index (χ2n) is 2.17. The highest BCUT2D eigenvalue weighted by Crippen LogP contribution is 2.32. The molecule has 1 rings (SSSR count). The largest absolute Gasteiger partial charge is 0.590 e. The molecule has 0 heterocycles. The monoisotopic (exact) mass is 323 g/mol. The van der Waals surface area contributed by atoms with E-state index in [-0.39, 0.29) is 10.5 Å². The van der Waals surface area contributed by atoms with Crippen molar-refractivity contribution in [2.75, 3.05) is 0 Å².